The Morgan fingerprint density at radius 3 is 2.45 bits per heavy atom. The summed E-state index contributed by atoms with van der Waals surface area (Å²) in [5.41, 5.74) is 1.44. The molecule has 0 amide bonds. The lowest BCUT2D eigenvalue weighted by Gasteiger charge is -2.11. The Morgan fingerprint density at radius 2 is 1.68 bits per heavy atom. The van der Waals surface area contributed by atoms with E-state index in [0.29, 0.717) is 11.3 Å². The molecule has 3 aromatic carbocycles. The summed E-state index contributed by atoms with van der Waals surface area (Å²) in [5.74, 6) is 5.67. The van der Waals surface area contributed by atoms with E-state index in [4.69, 9.17) is 10.6 Å². The summed E-state index contributed by atoms with van der Waals surface area (Å²) in [5, 5.41) is 5.51. The lowest BCUT2D eigenvalue weighted by molar-refractivity contribution is 0.303. The maximum Gasteiger partial charge on any atom is 0.129 e. The first-order valence-electron chi connectivity index (χ1n) is 6.91. The van der Waals surface area contributed by atoms with Gasteiger partial charge in [0.2, 0.25) is 0 Å². The second-order valence-electron chi connectivity index (χ2n) is 4.86. The Balaban J connectivity index is 1.95. The molecule has 0 aliphatic rings. The lowest BCUT2D eigenvalue weighted by Crippen LogP contribution is -1.99. The zero-order chi connectivity index (χ0) is 15.4. The monoisotopic (exact) mass is 294 g/mol. The molecule has 0 bridgehead atoms. The van der Waals surface area contributed by atoms with Crippen LogP contribution >= 0.6 is 0 Å². The van der Waals surface area contributed by atoms with Crippen LogP contribution in [0.3, 0.4) is 0 Å². The number of nitrogens with two attached hydrogens (primary N) is 1. The maximum atomic E-state index is 13.7. The molecular weight excluding hydrogens is 279 g/mol. The van der Waals surface area contributed by atoms with Crippen molar-refractivity contribution in [2.24, 2.45) is 10.9 Å². The first kappa shape index (κ1) is 14.1. The zero-order valence-electron chi connectivity index (χ0n) is 11.9. The van der Waals surface area contributed by atoms with Gasteiger partial charge in [-0.05, 0) is 23.6 Å². The molecule has 0 atom stereocenters. The van der Waals surface area contributed by atoms with E-state index in [0.717, 1.165) is 16.3 Å². The molecule has 0 unspecified atom stereocenters. The van der Waals surface area contributed by atoms with Crippen molar-refractivity contribution in [2.45, 2.75) is 6.61 Å². The topological polar surface area (TPSA) is 47.6 Å². The number of nitrogens with zero attached hydrogens (tertiary/aromatic N) is 1. The largest absolute Gasteiger partial charge is 0.488 e. The van der Waals surface area contributed by atoms with E-state index in [1.54, 1.807) is 24.4 Å². The van der Waals surface area contributed by atoms with Gasteiger partial charge >= 0.3 is 0 Å². The molecule has 0 saturated heterocycles. The van der Waals surface area contributed by atoms with Crippen molar-refractivity contribution in [1.82, 2.24) is 0 Å². The lowest BCUT2D eigenvalue weighted by atomic mass is 10.0. The minimum absolute atomic E-state index is 0.182. The van der Waals surface area contributed by atoms with Crippen LogP contribution in [0.5, 0.6) is 5.75 Å². The second-order valence-corrected chi connectivity index (χ2v) is 4.86. The van der Waals surface area contributed by atoms with E-state index < -0.39 is 0 Å². The van der Waals surface area contributed by atoms with Gasteiger partial charge in [0.1, 0.15) is 18.2 Å². The highest BCUT2D eigenvalue weighted by Crippen LogP contribution is 2.28. The van der Waals surface area contributed by atoms with Crippen LogP contribution in [0.1, 0.15) is 11.1 Å². The average molecular weight is 294 g/mol. The molecule has 110 valence electrons. The molecule has 0 heterocycles. The molecule has 0 fully saturated rings. The number of fused-ring (bicyclic) bond motifs is 1. The number of hydrazone groups is 1. The van der Waals surface area contributed by atoms with Gasteiger partial charge in [0.05, 0.1) is 6.21 Å². The number of rotatable bonds is 4. The number of hydrogen-bond acceptors (Lipinski definition) is 3. The minimum atomic E-state index is -0.265. The molecule has 3 aromatic rings. The fourth-order valence-corrected chi connectivity index (χ4v) is 2.38. The molecular formula is C18H15FN2O. The van der Waals surface area contributed by atoms with E-state index in [1.165, 1.54) is 6.07 Å². The summed E-state index contributed by atoms with van der Waals surface area (Å²) < 4.78 is 19.5. The predicted octanol–water partition coefficient (Wildman–Crippen LogP) is 3.85. The molecule has 0 spiro atoms. The number of hydrogen-bond donors (Lipinski definition) is 1. The Morgan fingerprint density at radius 1 is 0.955 bits per heavy atom. The van der Waals surface area contributed by atoms with Gasteiger partial charge in [0.15, 0.2) is 0 Å². The summed E-state index contributed by atoms with van der Waals surface area (Å²) in [4.78, 5) is 0. The molecule has 0 radical (unpaired) electrons. The average Bonchev–Trinajstić information content (AvgIpc) is 2.56. The summed E-state index contributed by atoms with van der Waals surface area (Å²) in [7, 11) is 0. The van der Waals surface area contributed by atoms with Crippen molar-refractivity contribution in [3.63, 3.8) is 0 Å². The number of ether oxygens (including phenoxy) is 1. The predicted molar refractivity (Wildman–Crippen MR) is 86.5 cm³/mol. The van der Waals surface area contributed by atoms with Crippen molar-refractivity contribution < 1.29 is 9.13 Å². The first-order valence-corrected chi connectivity index (χ1v) is 6.91. The van der Waals surface area contributed by atoms with Gasteiger partial charge in [-0.1, -0.05) is 42.5 Å². The Bertz CT molecular complexity index is 830. The van der Waals surface area contributed by atoms with Crippen LogP contribution < -0.4 is 10.6 Å². The molecule has 0 aromatic heterocycles. The highest BCUT2D eigenvalue weighted by atomic mass is 19.1. The van der Waals surface area contributed by atoms with Crippen molar-refractivity contribution in [2.75, 3.05) is 0 Å². The highest BCUT2D eigenvalue weighted by molar-refractivity contribution is 6.02. The highest BCUT2D eigenvalue weighted by Gasteiger charge is 2.07. The van der Waals surface area contributed by atoms with E-state index in [2.05, 4.69) is 5.10 Å². The van der Waals surface area contributed by atoms with Crippen LogP contribution in [-0.2, 0) is 6.61 Å². The second kappa shape index (κ2) is 6.26. The molecule has 3 rings (SSSR count). The molecule has 0 aliphatic carbocycles. The maximum absolute atomic E-state index is 13.7. The molecule has 0 saturated carbocycles. The van der Waals surface area contributed by atoms with Gasteiger partial charge in [0.25, 0.3) is 0 Å². The van der Waals surface area contributed by atoms with E-state index in [-0.39, 0.29) is 12.4 Å². The van der Waals surface area contributed by atoms with E-state index >= 15 is 0 Å². The normalized spacial score (nSPS) is 11.1. The van der Waals surface area contributed by atoms with Gasteiger partial charge in [-0.15, -0.1) is 0 Å². The summed E-state index contributed by atoms with van der Waals surface area (Å²) in [6, 6.07) is 18.1. The third kappa shape index (κ3) is 2.76. The van der Waals surface area contributed by atoms with Crippen LogP contribution in [-0.4, -0.2) is 6.21 Å². The van der Waals surface area contributed by atoms with Crippen molar-refractivity contribution >= 4 is 17.0 Å². The number of halogens is 1. The molecule has 0 aliphatic heterocycles. The van der Waals surface area contributed by atoms with Crippen molar-refractivity contribution in [3.05, 3.63) is 77.6 Å². The summed E-state index contributed by atoms with van der Waals surface area (Å²) >= 11 is 0. The third-order valence-corrected chi connectivity index (χ3v) is 3.47. The minimum Gasteiger partial charge on any atom is -0.488 e. The van der Waals surface area contributed by atoms with Gasteiger partial charge in [-0.2, -0.15) is 5.10 Å². The van der Waals surface area contributed by atoms with Crippen LogP contribution in [0.4, 0.5) is 4.39 Å². The summed E-state index contributed by atoms with van der Waals surface area (Å²) in [6.45, 7) is 0.182. The SMILES string of the molecule is NN=Cc1ccc(OCc2ccccc2F)c2ccccc12. The Kier molecular flexibility index (Phi) is 4.01. The van der Waals surface area contributed by atoms with Crippen molar-refractivity contribution in [1.29, 1.82) is 0 Å². The molecule has 4 heteroatoms. The molecule has 2 N–H and O–H groups in total. The number of benzene rings is 3. The third-order valence-electron chi connectivity index (χ3n) is 3.47. The fourth-order valence-electron chi connectivity index (χ4n) is 2.38. The zero-order valence-corrected chi connectivity index (χ0v) is 11.9. The van der Waals surface area contributed by atoms with Gasteiger partial charge in [0, 0.05) is 16.5 Å². The van der Waals surface area contributed by atoms with Gasteiger partial charge in [-0.3, -0.25) is 0 Å². The standard InChI is InChI=1S/C18H15FN2O/c19-17-8-4-1-5-14(17)12-22-18-10-9-13(11-21-20)15-6-2-3-7-16(15)18/h1-11H,12,20H2. The van der Waals surface area contributed by atoms with E-state index in [1.807, 2.05) is 36.4 Å². The Hall–Kier alpha value is -2.88. The smallest absolute Gasteiger partial charge is 0.129 e. The quantitative estimate of drug-likeness (QED) is 0.451. The summed E-state index contributed by atoms with van der Waals surface area (Å²) in [6.07, 6.45) is 1.60. The first-order chi connectivity index (χ1) is 10.8. The van der Waals surface area contributed by atoms with Crippen molar-refractivity contribution in [3.8, 4) is 5.75 Å². The fraction of sp³-hybridized carbons (Fsp3) is 0.0556. The van der Waals surface area contributed by atoms with E-state index in [9.17, 15) is 4.39 Å². The Labute approximate surface area is 127 Å². The van der Waals surface area contributed by atoms with Crippen LogP contribution in [0.25, 0.3) is 10.8 Å². The van der Waals surface area contributed by atoms with Gasteiger partial charge < -0.3 is 10.6 Å². The molecule has 3 nitrogen and oxygen atoms in total. The van der Waals surface area contributed by atoms with Crippen LogP contribution in [0.2, 0.25) is 0 Å². The molecule has 22 heavy (non-hydrogen) atoms. The van der Waals surface area contributed by atoms with Crippen LogP contribution in [0, 0.1) is 5.82 Å². The van der Waals surface area contributed by atoms with Crippen LogP contribution in [0.15, 0.2) is 65.8 Å². The van der Waals surface area contributed by atoms with Gasteiger partial charge in [-0.25, -0.2) is 4.39 Å².